The number of epoxide rings is 1. The molecule has 27 heavy (non-hydrogen) atoms. The molecule has 2 aliphatic heterocycles. The lowest BCUT2D eigenvalue weighted by molar-refractivity contribution is -0.150. The Hall–Kier alpha value is -2.20. The molecule has 0 aliphatic carbocycles. The zero-order chi connectivity index (χ0) is 19.2. The highest BCUT2D eigenvalue weighted by Gasteiger charge is 2.70. The molecule has 1 aromatic carbocycles. The number of aryl methyl sites for hydroxylation is 1. The fraction of sp³-hybridized carbons (Fsp3) is 0.389. The number of ether oxygens (including phenoxy) is 4. The maximum absolute atomic E-state index is 12.5. The molecule has 142 valence electrons. The number of fused-ring (bicyclic) bond motifs is 1. The summed E-state index contributed by atoms with van der Waals surface area (Å²) in [5, 5.41) is 0. The highest BCUT2D eigenvalue weighted by Crippen LogP contribution is 2.53. The number of hydrogen-bond acceptors (Lipinski definition) is 8. The summed E-state index contributed by atoms with van der Waals surface area (Å²) < 4.78 is 23.4. The van der Waals surface area contributed by atoms with E-state index in [1.807, 2.05) is 0 Å². The summed E-state index contributed by atoms with van der Waals surface area (Å²) in [5.41, 5.74) is 0.271. The monoisotopic (exact) mass is 390 g/mol. The van der Waals surface area contributed by atoms with E-state index in [1.54, 1.807) is 37.3 Å². The summed E-state index contributed by atoms with van der Waals surface area (Å²) in [4.78, 5) is 28.7. The highest BCUT2D eigenvalue weighted by atomic mass is 32.1. The van der Waals surface area contributed by atoms with Crippen LogP contribution < -0.4 is 10.4 Å². The van der Waals surface area contributed by atoms with Crippen LogP contribution in [0.15, 0.2) is 41.3 Å². The number of rotatable bonds is 5. The lowest BCUT2D eigenvalue weighted by Gasteiger charge is -2.23. The molecule has 2 fully saturated rings. The van der Waals surface area contributed by atoms with E-state index < -0.39 is 29.8 Å². The molecule has 4 atom stereocenters. The van der Waals surface area contributed by atoms with Gasteiger partial charge >= 0.3 is 11.7 Å². The maximum Gasteiger partial charge on any atom is 0.353 e. The molecule has 2 aromatic rings. The Morgan fingerprint density at radius 3 is 2.74 bits per heavy atom. The second kappa shape index (κ2) is 6.75. The standard InChI is InChI=1S/C18H18N2O6S/c1-10-8-20(15-12(23-2)13-18(9-27,25-13)26-15)17(22)19-14(10)24-16(21)11-6-4-3-5-7-11/h3-8,12-13,15,27H,9H2,1-2H3/t12?,13?,15-,18-/m1/s1. The van der Waals surface area contributed by atoms with Crippen LogP contribution in [0.25, 0.3) is 0 Å². The first kappa shape index (κ1) is 18.2. The first-order valence-corrected chi connectivity index (χ1v) is 8.98. The van der Waals surface area contributed by atoms with Gasteiger partial charge in [0.05, 0.1) is 5.56 Å². The van der Waals surface area contributed by atoms with Crippen molar-refractivity contribution in [3.63, 3.8) is 0 Å². The Kier molecular flexibility index (Phi) is 4.55. The second-order valence-corrected chi connectivity index (χ2v) is 6.71. The molecule has 0 N–H and O–H groups in total. The number of nitrogens with zero attached hydrogens (tertiary/aromatic N) is 2. The molecule has 9 heteroatoms. The van der Waals surface area contributed by atoms with E-state index in [0.717, 1.165) is 0 Å². The topological polar surface area (TPSA) is 92.2 Å². The van der Waals surface area contributed by atoms with Gasteiger partial charge in [0.2, 0.25) is 11.7 Å². The van der Waals surface area contributed by atoms with E-state index in [-0.39, 0.29) is 12.0 Å². The van der Waals surface area contributed by atoms with Crippen molar-refractivity contribution >= 4 is 18.6 Å². The van der Waals surface area contributed by atoms with Gasteiger partial charge in [-0.15, -0.1) is 0 Å². The fourth-order valence-electron chi connectivity index (χ4n) is 3.19. The summed E-state index contributed by atoms with van der Waals surface area (Å²) in [6, 6.07) is 8.49. The van der Waals surface area contributed by atoms with Crippen molar-refractivity contribution in [1.82, 2.24) is 9.55 Å². The van der Waals surface area contributed by atoms with Crippen molar-refractivity contribution in [2.75, 3.05) is 12.9 Å². The van der Waals surface area contributed by atoms with Gasteiger partial charge in [-0.25, -0.2) is 9.59 Å². The molecule has 2 aliphatic rings. The average Bonchev–Trinajstić information content (AvgIpc) is 3.31. The van der Waals surface area contributed by atoms with Crippen molar-refractivity contribution in [3.8, 4) is 5.88 Å². The van der Waals surface area contributed by atoms with Crippen molar-refractivity contribution in [2.24, 2.45) is 0 Å². The summed E-state index contributed by atoms with van der Waals surface area (Å²) in [7, 11) is 1.53. The third-order valence-electron chi connectivity index (χ3n) is 4.66. The molecule has 3 heterocycles. The normalized spacial score (nSPS) is 28.6. The van der Waals surface area contributed by atoms with Gasteiger partial charge < -0.3 is 18.9 Å². The molecule has 4 rings (SSSR count). The maximum atomic E-state index is 12.5. The first-order chi connectivity index (χ1) is 13.0. The predicted molar refractivity (Wildman–Crippen MR) is 97.0 cm³/mol. The minimum Gasteiger partial charge on any atom is -0.403 e. The van der Waals surface area contributed by atoms with Crippen LogP contribution in [0.3, 0.4) is 0 Å². The molecule has 0 spiro atoms. The van der Waals surface area contributed by atoms with E-state index in [1.165, 1.54) is 17.9 Å². The van der Waals surface area contributed by atoms with Crippen LogP contribution in [0.4, 0.5) is 0 Å². The van der Waals surface area contributed by atoms with Gasteiger partial charge in [-0.1, -0.05) is 18.2 Å². The molecule has 0 saturated carbocycles. The summed E-state index contributed by atoms with van der Waals surface area (Å²) in [5.74, 6) is -1.11. The Morgan fingerprint density at radius 1 is 1.33 bits per heavy atom. The molecular formula is C18H18N2O6S. The van der Waals surface area contributed by atoms with Crippen LogP contribution in [0.2, 0.25) is 0 Å². The molecule has 1 aromatic heterocycles. The van der Waals surface area contributed by atoms with Gasteiger partial charge in [-0.2, -0.15) is 17.6 Å². The van der Waals surface area contributed by atoms with Crippen LogP contribution in [-0.4, -0.2) is 46.4 Å². The number of thiol groups is 1. The minimum absolute atomic E-state index is 0.0395. The fourth-order valence-corrected chi connectivity index (χ4v) is 3.52. The van der Waals surface area contributed by atoms with E-state index >= 15 is 0 Å². The molecule has 0 bridgehead atoms. The largest absolute Gasteiger partial charge is 0.403 e. The summed E-state index contributed by atoms with van der Waals surface area (Å²) >= 11 is 4.24. The minimum atomic E-state index is -0.833. The number of carbonyl (C=O) groups is 1. The zero-order valence-electron chi connectivity index (χ0n) is 14.7. The number of benzene rings is 1. The summed E-state index contributed by atoms with van der Waals surface area (Å²) in [6.45, 7) is 1.69. The lowest BCUT2D eigenvalue weighted by atomic mass is 10.2. The number of hydrogen-bond donors (Lipinski definition) is 1. The van der Waals surface area contributed by atoms with Crippen molar-refractivity contribution in [1.29, 1.82) is 0 Å². The molecule has 0 amide bonds. The van der Waals surface area contributed by atoms with E-state index in [9.17, 15) is 9.59 Å². The Morgan fingerprint density at radius 2 is 2.07 bits per heavy atom. The number of methoxy groups -OCH3 is 1. The average molecular weight is 390 g/mol. The predicted octanol–water partition coefficient (Wildman–Crippen LogP) is 1.34. The summed E-state index contributed by atoms with van der Waals surface area (Å²) in [6.07, 6.45) is 0.0939. The Bertz CT molecular complexity index is 933. The Balaban J connectivity index is 1.60. The van der Waals surface area contributed by atoms with Crippen LogP contribution in [-0.2, 0) is 14.2 Å². The molecular weight excluding hydrogens is 372 g/mol. The van der Waals surface area contributed by atoms with Gasteiger partial charge in [0, 0.05) is 24.6 Å². The SMILES string of the molecule is COC1C2O[C@]2(CS)O[C@H]1n1cc(C)c(OC(=O)c2ccccc2)nc1=O. The third-order valence-corrected chi connectivity index (χ3v) is 5.10. The molecule has 0 radical (unpaired) electrons. The van der Waals surface area contributed by atoms with Gasteiger partial charge in [0.15, 0.2) is 6.23 Å². The quantitative estimate of drug-likeness (QED) is 0.468. The third kappa shape index (κ3) is 3.06. The molecule has 8 nitrogen and oxygen atoms in total. The number of aromatic nitrogens is 2. The highest BCUT2D eigenvalue weighted by molar-refractivity contribution is 7.80. The van der Waals surface area contributed by atoms with Crippen molar-refractivity contribution < 1.29 is 23.7 Å². The smallest absolute Gasteiger partial charge is 0.353 e. The lowest BCUT2D eigenvalue weighted by Crippen LogP contribution is -2.36. The van der Waals surface area contributed by atoms with Crippen LogP contribution in [0.5, 0.6) is 5.88 Å². The molecule has 2 unspecified atom stereocenters. The van der Waals surface area contributed by atoms with Crippen LogP contribution in [0, 0.1) is 6.92 Å². The van der Waals surface area contributed by atoms with Crippen molar-refractivity contribution in [3.05, 3.63) is 58.1 Å². The Labute approximate surface area is 160 Å². The molecule has 2 saturated heterocycles. The zero-order valence-corrected chi connectivity index (χ0v) is 15.6. The van der Waals surface area contributed by atoms with E-state index in [2.05, 4.69) is 17.6 Å². The van der Waals surface area contributed by atoms with Gasteiger partial charge in [-0.05, 0) is 19.1 Å². The van der Waals surface area contributed by atoms with Crippen LogP contribution >= 0.6 is 12.6 Å². The van der Waals surface area contributed by atoms with Gasteiger partial charge in [0.1, 0.15) is 12.2 Å². The van der Waals surface area contributed by atoms with Gasteiger partial charge in [-0.3, -0.25) is 4.57 Å². The van der Waals surface area contributed by atoms with E-state index in [0.29, 0.717) is 16.9 Å². The number of esters is 1. The van der Waals surface area contributed by atoms with Crippen LogP contribution in [0.1, 0.15) is 22.1 Å². The van der Waals surface area contributed by atoms with Crippen molar-refractivity contribution in [2.45, 2.75) is 31.1 Å². The second-order valence-electron chi connectivity index (χ2n) is 6.39. The van der Waals surface area contributed by atoms with E-state index in [4.69, 9.17) is 18.9 Å². The number of carbonyl (C=O) groups excluding carboxylic acids is 1. The van der Waals surface area contributed by atoms with Gasteiger partial charge in [0.25, 0.3) is 0 Å². The first-order valence-electron chi connectivity index (χ1n) is 8.35.